The van der Waals surface area contributed by atoms with Crippen LogP contribution in [0.5, 0.6) is 0 Å². The van der Waals surface area contributed by atoms with E-state index in [0.29, 0.717) is 17.9 Å². The van der Waals surface area contributed by atoms with E-state index < -0.39 is 5.62 Å². The summed E-state index contributed by atoms with van der Waals surface area (Å²) in [5.74, 6) is 1.67. The lowest BCUT2D eigenvalue weighted by molar-refractivity contribution is -0.146. The van der Waals surface area contributed by atoms with Gasteiger partial charge in [-0.2, -0.15) is 0 Å². The number of ether oxygens (including phenoxy) is 1. The first-order chi connectivity index (χ1) is 16.9. The standard InChI is InChI=1S/C15H26BNO2.C12H16N4O.CH4/c1-14(2)8-13(6-7-19-14)15(16,18)17-9-11-4-3-5-12(11)10-17;1-16-12(17)9-4-2-3-8(7-9)10(13)5-6-11(14)15;/h11-13,18H,3-10H2,1-2H3;2-7H,13-15H2,1H3,(H,16,17);1H4/b;10-5-;. The maximum absolute atomic E-state index is 11.4. The fourth-order valence-electron chi connectivity index (χ4n) is 5.65. The molecular weight excluding hydrogens is 465 g/mol. The van der Waals surface area contributed by atoms with Crippen LogP contribution < -0.4 is 22.5 Å². The highest BCUT2D eigenvalue weighted by atomic mass is 16.5. The molecule has 4 unspecified atom stereocenters. The highest BCUT2D eigenvalue weighted by molar-refractivity contribution is 6.14. The molecule has 2 saturated heterocycles. The normalized spacial score (nSPS) is 26.5. The van der Waals surface area contributed by atoms with Gasteiger partial charge >= 0.3 is 0 Å². The Bertz CT molecular complexity index is 962. The highest BCUT2D eigenvalue weighted by Gasteiger charge is 2.47. The van der Waals surface area contributed by atoms with Crippen LogP contribution in [0, 0.1) is 17.8 Å². The Kier molecular flexibility index (Phi) is 10.7. The van der Waals surface area contributed by atoms with Crippen molar-refractivity contribution in [3.8, 4) is 0 Å². The zero-order chi connectivity index (χ0) is 26.5. The Hall–Kier alpha value is -2.49. The molecule has 4 rings (SSSR count). The van der Waals surface area contributed by atoms with Crippen LogP contribution in [0.2, 0.25) is 0 Å². The van der Waals surface area contributed by atoms with E-state index in [1.807, 2.05) is 0 Å². The zero-order valence-corrected chi connectivity index (χ0v) is 21.9. The number of hydrogen-bond donors (Lipinski definition) is 5. The van der Waals surface area contributed by atoms with Crippen LogP contribution in [0.3, 0.4) is 0 Å². The van der Waals surface area contributed by atoms with Crippen molar-refractivity contribution in [1.82, 2.24) is 10.2 Å². The van der Waals surface area contributed by atoms with Crippen LogP contribution in [-0.2, 0) is 4.74 Å². The van der Waals surface area contributed by atoms with Crippen molar-refractivity contribution in [2.24, 2.45) is 35.0 Å². The largest absolute Gasteiger partial charge is 0.398 e. The first-order valence-electron chi connectivity index (χ1n) is 12.8. The molecule has 4 atom stereocenters. The molecule has 1 amide bonds. The van der Waals surface area contributed by atoms with E-state index in [1.165, 1.54) is 25.3 Å². The SMILES string of the molecule is C.CNC(=O)c1cccc(/C(N)=C/C=C(N)N)c1.[B]C(O)(C1CCOC(C)(C)C1)N1CC2CCCC2C1. The molecule has 0 bridgehead atoms. The molecule has 1 aliphatic carbocycles. The van der Waals surface area contributed by atoms with E-state index in [-0.39, 0.29) is 30.7 Å². The Morgan fingerprint density at radius 3 is 2.35 bits per heavy atom. The molecule has 1 aromatic rings. The molecule has 2 radical (unpaired) electrons. The number of rotatable bonds is 5. The van der Waals surface area contributed by atoms with Gasteiger partial charge in [-0.05, 0) is 87.1 Å². The molecular formula is C28H46BN5O3. The molecule has 0 spiro atoms. The highest BCUT2D eigenvalue weighted by Crippen LogP contribution is 2.43. The maximum atomic E-state index is 11.4. The molecule has 2 heterocycles. The first-order valence-corrected chi connectivity index (χ1v) is 12.8. The van der Waals surface area contributed by atoms with Gasteiger partial charge in [-0.15, -0.1) is 0 Å². The van der Waals surface area contributed by atoms with Crippen molar-refractivity contribution in [2.45, 2.75) is 64.6 Å². The number of likely N-dealkylation sites (tertiary alicyclic amines) is 1. The second-order valence-corrected chi connectivity index (χ2v) is 10.9. The van der Waals surface area contributed by atoms with Gasteiger partial charge in [0.05, 0.1) is 17.0 Å². The second-order valence-electron chi connectivity index (χ2n) is 10.9. The Balaban J connectivity index is 0.000000255. The Labute approximate surface area is 224 Å². The van der Waals surface area contributed by atoms with Crippen LogP contribution in [0.15, 0.2) is 42.2 Å². The predicted molar refractivity (Wildman–Crippen MR) is 151 cm³/mol. The van der Waals surface area contributed by atoms with E-state index in [9.17, 15) is 9.90 Å². The lowest BCUT2D eigenvalue weighted by atomic mass is 9.70. The first kappa shape index (κ1) is 30.7. The molecule has 1 saturated carbocycles. The average molecular weight is 512 g/mol. The monoisotopic (exact) mass is 511 g/mol. The van der Waals surface area contributed by atoms with Gasteiger partial charge in [0.1, 0.15) is 7.85 Å². The molecule has 37 heavy (non-hydrogen) atoms. The molecule has 3 aliphatic rings. The molecule has 0 aromatic heterocycles. The minimum atomic E-state index is -1.15. The van der Waals surface area contributed by atoms with Crippen molar-refractivity contribution in [3.05, 3.63) is 53.4 Å². The third kappa shape index (κ3) is 8.00. The maximum Gasteiger partial charge on any atom is 0.251 e. The minimum absolute atomic E-state index is 0. The third-order valence-corrected chi connectivity index (χ3v) is 7.67. The summed E-state index contributed by atoms with van der Waals surface area (Å²) in [7, 11) is 7.92. The van der Waals surface area contributed by atoms with Gasteiger partial charge in [0.15, 0.2) is 0 Å². The number of nitrogens with zero attached hydrogens (tertiary/aromatic N) is 1. The molecule has 8 N–H and O–H groups in total. The fourth-order valence-corrected chi connectivity index (χ4v) is 5.65. The van der Waals surface area contributed by atoms with Gasteiger partial charge < -0.3 is 32.4 Å². The van der Waals surface area contributed by atoms with E-state index in [1.54, 1.807) is 37.4 Å². The number of nitrogens with two attached hydrogens (primary N) is 3. The summed E-state index contributed by atoms with van der Waals surface area (Å²) in [4.78, 5) is 13.6. The van der Waals surface area contributed by atoms with Gasteiger partial charge in [0.25, 0.3) is 5.91 Å². The van der Waals surface area contributed by atoms with Crippen LogP contribution in [-0.4, -0.2) is 61.7 Å². The van der Waals surface area contributed by atoms with Crippen molar-refractivity contribution in [2.75, 3.05) is 26.7 Å². The molecule has 8 nitrogen and oxygen atoms in total. The van der Waals surface area contributed by atoms with Gasteiger partial charge in [0.2, 0.25) is 0 Å². The Morgan fingerprint density at radius 1 is 1.16 bits per heavy atom. The van der Waals surface area contributed by atoms with Crippen molar-refractivity contribution >= 4 is 19.5 Å². The van der Waals surface area contributed by atoms with Gasteiger partial charge in [-0.25, -0.2) is 0 Å². The van der Waals surface area contributed by atoms with Crippen LogP contribution in [0.25, 0.3) is 5.70 Å². The van der Waals surface area contributed by atoms with Crippen molar-refractivity contribution in [1.29, 1.82) is 0 Å². The van der Waals surface area contributed by atoms with E-state index in [2.05, 4.69) is 24.1 Å². The molecule has 9 heteroatoms. The van der Waals surface area contributed by atoms with Crippen molar-refractivity contribution in [3.63, 3.8) is 0 Å². The summed E-state index contributed by atoms with van der Waals surface area (Å²) in [5.41, 5.74) is 16.9. The smallest absolute Gasteiger partial charge is 0.251 e. The molecule has 204 valence electrons. The fraction of sp³-hybridized carbons (Fsp3) is 0.607. The number of carbonyl (C=O) groups is 1. The average Bonchev–Trinajstić information content (AvgIpc) is 3.45. The van der Waals surface area contributed by atoms with E-state index >= 15 is 0 Å². The molecule has 1 aromatic carbocycles. The Morgan fingerprint density at radius 2 is 1.78 bits per heavy atom. The number of benzene rings is 1. The summed E-state index contributed by atoms with van der Waals surface area (Å²) in [6.07, 6.45) is 8.79. The lowest BCUT2D eigenvalue weighted by Crippen LogP contribution is -2.57. The number of aliphatic hydroxyl groups is 1. The number of nitrogens with one attached hydrogen (secondary N) is 1. The molecule has 3 fully saturated rings. The third-order valence-electron chi connectivity index (χ3n) is 7.67. The number of amides is 1. The van der Waals surface area contributed by atoms with Gasteiger partial charge in [-0.3, -0.25) is 9.69 Å². The van der Waals surface area contributed by atoms with E-state index in [4.69, 9.17) is 29.8 Å². The number of allylic oxidation sites excluding steroid dienone is 2. The van der Waals surface area contributed by atoms with E-state index in [0.717, 1.165) is 43.3 Å². The van der Waals surface area contributed by atoms with Crippen LogP contribution in [0.4, 0.5) is 0 Å². The zero-order valence-electron chi connectivity index (χ0n) is 21.9. The molecule has 2 aliphatic heterocycles. The van der Waals surface area contributed by atoms with Gasteiger partial charge in [0, 0.05) is 38.0 Å². The number of fused-ring (bicyclic) bond motifs is 1. The second kappa shape index (κ2) is 12.8. The summed E-state index contributed by atoms with van der Waals surface area (Å²) in [5, 5.41) is 13.4. The quantitative estimate of drug-likeness (QED) is 0.302. The minimum Gasteiger partial charge on any atom is -0.398 e. The number of carbonyl (C=O) groups excluding carboxylic acids is 1. The summed E-state index contributed by atoms with van der Waals surface area (Å²) < 4.78 is 5.74. The van der Waals surface area contributed by atoms with Crippen molar-refractivity contribution < 1.29 is 14.6 Å². The lowest BCUT2D eigenvalue weighted by Gasteiger charge is -2.47. The summed E-state index contributed by atoms with van der Waals surface area (Å²) >= 11 is 0. The summed E-state index contributed by atoms with van der Waals surface area (Å²) in [6.45, 7) is 6.85. The van der Waals surface area contributed by atoms with Gasteiger partial charge in [-0.1, -0.05) is 26.0 Å². The number of hydrogen-bond acceptors (Lipinski definition) is 7. The topological polar surface area (TPSA) is 140 Å². The predicted octanol–water partition coefficient (Wildman–Crippen LogP) is 2.48. The summed E-state index contributed by atoms with van der Waals surface area (Å²) in [6, 6.07) is 6.98. The van der Waals surface area contributed by atoms with Crippen LogP contribution in [0.1, 0.15) is 69.3 Å². The van der Waals surface area contributed by atoms with Crippen LogP contribution >= 0.6 is 0 Å².